The summed E-state index contributed by atoms with van der Waals surface area (Å²) in [4.78, 5) is 0. The Morgan fingerprint density at radius 3 is 2.29 bits per heavy atom. The van der Waals surface area contributed by atoms with Crippen LogP contribution in [0.15, 0.2) is 61.2 Å². The Bertz CT molecular complexity index is 692. The molecule has 5 nitrogen and oxygen atoms in total. The van der Waals surface area contributed by atoms with E-state index in [1.807, 2.05) is 58.2 Å². The molecule has 2 heterocycles. The lowest BCUT2D eigenvalue weighted by atomic mass is 10.1. The molecule has 104 valence electrons. The fourth-order valence-electron chi connectivity index (χ4n) is 2.20. The van der Waals surface area contributed by atoms with E-state index < -0.39 is 0 Å². The fraction of sp³-hybridized carbons (Fsp3) is 0.125. The minimum atomic E-state index is -0.219. The molecule has 1 aromatic carbocycles. The molecule has 5 heteroatoms. The zero-order valence-corrected chi connectivity index (χ0v) is 11.3. The molecule has 0 spiro atoms. The molecule has 3 aromatic rings. The van der Waals surface area contributed by atoms with Crippen LogP contribution in [0.1, 0.15) is 11.7 Å². The van der Waals surface area contributed by atoms with Crippen molar-refractivity contribution in [1.82, 2.24) is 19.6 Å². The van der Waals surface area contributed by atoms with Crippen LogP contribution in [0.4, 0.5) is 0 Å². The van der Waals surface area contributed by atoms with Gasteiger partial charge in [0.05, 0.1) is 0 Å². The van der Waals surface area contributed by atoms with E-state index in [1.165, 1.54) is 0 Å². The second-order valence-electron chi connectivity index (χ2n) is 4.38. The fourth-order valence-corrected chi connectivity index (χ4v) is 2.20. The molecule has 3 rings (SSSR count). The predicted molar refractivity (Wildman–Crippen MR) is 78.8 cm³/mol. The molecule has 0 amide bonds. The van der Waals surface area contributed by atoms with Gasteiger partial charge in [0.1, 0.15) is 12.4 Å². The molecule has 0 bridgehead atoms. The van der Waals surface area contributed by atoms with Crippen molar-refractivity contribution in [2.24, 2.45) is 0 Å². The van der Waals surface area contributed by atoms with Crippen molar-refractivity contribution in [1.29, 1.82) is 0 Å². The highest BCUT2D eigenvalue weighted by molar-refractivity contribution is 5.36. The summed E-state index contributed by atoms with van der Waals surface area (Å²) >= 11 is 0. The molecular weight excluding hydrogens is 264 g/mol. The number of nitrogens with zero attached hydrogens (tertiary/aromatic N) is 4. The third-order valence-corrected chi connectivity index (χ3v) is 3.06. The van der Waals surface area contributed by atoms with Gasteiger partial charge in [0.15, 0.2) is 6.17 Å². The first-order valence-corrected chi connectivity index (χ1v) is 6.53. The Balaban J connectivity index is 2.08. The second-order valence-corrected chi connectivity index (χ2v) is 4.38. The third-order valence-electron chi connectivity index (χ3n) is 3.06. The smallest absolute Gasteiger partial charge is 0.172 e. The van der Waals surface area contributed by atoms with Crippen molar-refractivity contribution in [3.8, 4) is 18.1 Å². The summed E-state index contributed by atoms with van der Waals surface area (Å²) in [5.41, 5.74) is 0.945. The monoisotopic (exact) mass is 278 g/mol. The highest BCUT2D eigenvalue weighted by atomic mass is 16.5. The number of para-hydroxylation sites is 1. The zero-order valence-electron chi connectivity index (χ0n) is 11.3. The number of aromatic nitrogens is 4. The highest BCUT2D eigenvalue weighted by Gasteiger charge is 2.20. The van der Waals surface area contributed by atoms with Crippen LogP contribution in [-0.4, -0.2) is 26.2 Å². The maximum atomic E-state index is 5.65. The predicted octanol–water partition coefficient (Wildman–Crippen LogP) is 2.19. The highest BCUT2D eigenvalue weighted by Crippen LogP contribution is 2.28. The van der Waals surface area contributed by atoms with Gasteiger partial charge >= 0.3 is 0 Å². The van der Waals surface area contributed by atoms with E-state index in [2.05, 4.69) is 16.1 Å². The summed E-state index contributed by atoms with van der Waals surface area (Å²) in [6, 6.07) is 11.5. The molecule has 0 saturated heterocycles. The SMILES string of the molecule is C#CCOc1ccccc1C(n1cccn1)n1cccn1. The Kier molecular flexibility index (Phi) is 3.70. The average Bonchev–Trinajstić information content (AvgIpc) is 3.20. The maximum absolute atomic E-state index is 5.65. The van der Waals surface area contributed by atoms with Crippen molar-refractivity contribution >= 4 is 0 Å². The lowest BCUT2D eigenvalue weighted by Gasteiger charge is -2.21. The van der Waals surface area contributed by atoms with Gasteiger partial charge in [-0.2, -0.15) is 10.2 Å². The Hall–Kier alpha value is -3.00. The van der Waals surface area contributed by atoms with Crippen molar-refractivity contribution in [3.05, 3.63) is 66.7 Å². The summed E-state index contributed by atoms with van der Waals surface area (Å²) in [5.74, 6) is 3.21. The van der Waals surface area contributed by atoms with E-state index in [1.54, 1.807) is 12.4 Å². The van der Waals surface area contributed by atoms with Crippen LogP contribution in [0.2, 0.25) is 0 Å². The van der Waals surface area contributed by atoms with Crippen LogP contribution in [0.25, 0.3) is 0 Å². The first-order chi connectivity index (χ1) is 10.4. The third kappa shape index (κ3) is 2.65. The van der Waals surface area contributed by atoms with Crippen LogP contribution in [-0.2, 0) is 0 Å². The number of hydrogen-bond acceptors (Lipinski definition) is 3. The number of rotatable bonds is 5. The topological polar surface area (TPSA) is 44.9 Å². The van der Waals surface area contributed by atoms with E-state index >= 15 is 0 Å². The Morgan fingerprint density at radius 2 is 1.71 bits per heavy atom. The lowest BCUT2D eigenvalue weighted by molar-refractivity contribution is 0.345. The molecule has 0 unspecified atom stereocenters. The quantitative estimate of drug-likeness (QED) is 0.672. The summed E-state index contributed by atoms with van der Waals surface area (Å²) in [5, 5.41) is 8.66. The summed E-state index contributed by atoms with van der Waals surface area (Å²) in [6.45, 7) is 0.224. The van der Waals surface area contributed by atoms with Crippen LogP contribution >= 0.6 is 0 Å². The van der Waals surface area contributed by atoms with Crippen molar-refractivity contribution < 1.29 is 4.74 Å². The van der Waals surface area contributed by atoms with Gasteiger partial charge in [-0.3, -0.25) is 0 Å². The van der Waals surface area contributed by atoms with Gasteiger partial charge in [0, 0.05) is 30.4 Å². The van der Waals surface area contributed by atoms with Gasteiger partial charge in [-0.1, -0.05) is 24.1 Å². The van der Waals surface area contributed by atoms with Crippen LogP contribution < -0.4 is 4.74 Å². The molecular formula is C16H14N4O. The summed E-state index contributed by atoms with van der Waals surface area (Å²) in [6.07, 6.45) is 12.3. The molecule has 0 N–H and O–H groups in total. The van der Waals surface area contributed by atoms with Gasteiger partial charge in [-0.15, -0.1) is 6.42 Å². The van der Waals surface area contributed by atoms with Gasteiger partial charge in [-0.05, 0) is 18.2 Å². The van der Waals surface area contributed by atoms with Crippen LogP contribution in [0.3, 0.4) is 0 Å². The number of ether oxygens (including phenoxy) is 1. The first kappa shape index (κ1) is 13.0. The molecule has 0 radical (unpaired) electrons. The van der Waals surface area contributed by atoms with Gasteiger partial charge in [0.2, 0.25) is 0 Å². The van der Waals surface area contributed by atoms with Gasteiger partial charge in [0.25, 0.3) is 0 Å². The minimum absolute atomic E-state index is 0.219. The number of benzene rings is 1. The zero-order chi connectivity index (χ0) is 14.5. The molecule has 2 aromatic heterocycles. The van der Waals surface area contributed by atoms with Gasteiger partial charge < -0.3 is 4.74 Å². The van der Waals surface area contributed by atoms with E-state index in [0.717, 1.165) is 11.3 Å². The van der Waals surface area contributed by atoms with E-state index in [0.29, 0.717) is 0 Å². The molecule has 21 heavy (non-hydrogen) atoms. The average molecular weight is 278 g/mol. The minimum Gasteiger partial charge on any atom is -0.481 e. The van der Waals surface area contributed by atoms with Crippen LogP contribution in [0.5, 0.6) is 5.75 Å². The Morgan fingerprint density at radius 1 is 1.05 bits per heavy atom. The lowest BCUT2D eigenvalue weighted by Crippen LogP contribution is -2.21. The van der Waals surface area contributed by atoms with Crippen molar-refractivity contribution in [2.75, 3.05) is 6.61 Å². The molecule has 0 aliphatic rings. The van der Waals surface area contributed by atoms with E-state index in [9.17, 15) is 0 Å². The summed E-state index contributed by atoms with van der Waals surface area (Å²) < 4.78 is 9.29. The van der Waals surface area contributed by atoms with Crippen molar-refractivity contribution in [2.45, 2.75) is 6.17 Å². The first-order valence-electron chi connectivity index (χ1n) is 6.53. The molecule has 0 atom stereocenters. The molecule has 0 fully saturated rings. The molecule has 0 saturated carbocycles. The Labute approximate surface area is 122 Å². The largest absolute Gasteiger partial charge is 0.481 e. The normalized spacial score (nSPS) is 10.5. The molecule has 0 aliphatic carbocycles. The standard InChI is InChI=1S/C16H14N4O/c1-2-13-21-15-8-4-3-7-14(15)16(19-11-5-9-17-19)20-12-6-10-18-20/h1,3-12,16H,13H2. The van der Waals surface area contributed by atoms with Crippen molar-refractivity contribution in [3.63, 3.8) is 0 Å². The molecule has 0 aliphatic heterocycles. The van der Waals surface area contributed by atoms with Gasteiger partial charge in [-0.25, -0.2) is 9.36 Å². The maximum Gasteiger partial charge on any atom is 0.172 e. The second kappa shape index (κ2) is 5.97. The van der Waals surface area contributed by atoms with E-state index in [4.69, 9.17) is 11.2 Å². The van der Waals surface area contributed by atoms with E-state index in [-0.39, 0.29) is 12.8 Å². The number of hydrogen-bond donors (Lipinski definition) is 0. The number of terminal acetylenes is 1. The summed E-state index contributed by atoms with van der Waals surface area (Å²) in [7, 11) is 0. The van der Waals surface area contributed by atoms with Crippen LogP contribution in [0, 0.1) is 12.3 Å².